The van der Waals surface area contributed by atoms with Crippen LogP contribution in [0.5, 0.6) is 0 Å². The summed E-state index contributed by atoms with van der Waals surface area (Å²) in [6, 6.07) is 19.2. The summed E-state index contributed by atoms with van der Waals surface area (Å²) < 4.78 is 5.08. The van der Waals surface area contributed by atoms with Crippen molar-refractivity contribution in [3.8, 4) is 17.3 Å². The Balaban J connectivity index is 1.18. The largest absolute Gasteiger partial charge is 0.448 e. The van der Waals surface area contributed by atoms with Gasteiger partial charge < -0.3 is 25.2 Å². The summed E-state index contributed by atoms with van der Waals surface area (Å²) in [6.45, 7) is 2.95. The van der Waals surface area contributed by atoms with E-state index in [0.717, 1.165) is 48.6 Å². The van der Waals surface area contributed by atoms with Crippen molar-refractivity contribution in [2.45, 2.75) is 18.9 Å². The van der Waals surface area contributed by atoms with Crippen LogP contribution < -0.4 is 15.5 Å². The monoisotopic (exact) mass is 497 g/mol. The van der Waals surface area contributed by atoms with E-state index in [4.69, 9.17) is 10.00 Å². The summed E-state index contributed by atoms with van der Waals surface area (Å²) in [4.78, 5) is 37.0. The van der Waals surface area contributed by atoms with Crippen LogP contribution in [0.1, 0.15) is 23.2 Å². The fourth-order valence-electron chi connectivity index (χ4n) is 4.65. The van der Waals surface area contributed by atoms with Gasteiger partial charge in [0.25, 0.3) is 5.91 Å². The lowest BCUT2D eigenvalue weighted by atomic mass is 10.0. The van der Waals surface area contributed by atoms with Crippen LogP contribution in [0.3, 0.4) is 0 Å². The van der Waals surface area contributed by atoms with E-state index in [0.29, 0.717) is 24.7 Å². The molecule has 0 radical (unpaired) electrons. The number of ether oxygens (including phenoxy) is 1. The first-order valence-corrected chi connectivity index (χ1v) is 12.2. The molecule has 2 N–H and O–H groups in total. The maximum Gasteiger partial charge on any atom is 0.410 e. The first-order chi connectivity index (χ1) is 18.1. The molecule has 0 aliphatic carbocycles. The first-order valence-electron chi connectivity index (χ1n) is 12.2. The maximum absolute atomic E-state index is 12.0. The third-order valence-electron chi connectivity index (χ3n) is 6.61. The molecule has 3 heterocycles. The van der Waals surface area contributed by atoms with Gasteiger partial charge in [-0.15, -0.1) is 0 Å². The fourth-order valence-corrected chi connectivity index (χ4v) is 4.65. The van der Waals surface area contributed by atoms with Crippen LogP contribution >= 0.6 is 0 Å². The van der Waals surface area contributed by atoms with Crippen LogP contribution in [0, 0.1) is 11.3 Å². The molecule has 10 nitrogen and oxygen atoms in total. The number of hydrogen-bond acceptors (Lipinski definition) is 8. The second-order valence-corrected chi connectivity index (χ2v) is 8.88. The van der Waals surface area contributed by atoms with Crippen LogP contribution in [0.15, 0.2) is 60.8 Å². The highest BCUT2D eigenvalue weighted by Crippen LogP contribution is 2.26. The third-order valence-corrected chi connectivity index (χ3v) is 6.61. The second kappa shape index (κ2) is 11.0. The lowest BCUT2D eigenvalue weighted by Gasteiger charge is -2.36. The molecule has 2 amide bonds. The highest BCUT2D eigenvalue weighted by molar-refractivity contribution is 5.94. The molecule has 3 aromatic rings. The van der Waals surface area contributed by atoms with Crippen LogP contribution in [0.2, 0.25) is 0 Å². The number of anilines is 3. The first kappa shape index (κ1) is 24.1. The highest BCUT2D eigenvalue weighted by Gasteiger charge is 2.32. The number of nitrogens with zero attached hydrogens (tertiary/aromatic N) is 5. The molecule has 2 aliphatic rings. The van der Waals surface area contributed by atoms with E-state index in [1.807, 2.05) is 41.3 Å². The summed E-state index contributed by atoms with van der Waals surface area (Å²) in [7, 11) is 0. The van der Waals surface area contributed by atoms with Gasteiger partial charge in [-0.1, -0.05) is 12.1 Å². The Kier molecular flexibility index (Phi) is 7.12. The van der Waals surface area contributed by atoms with Crippen molar-refractivity contribution in [3.63, 3.8) is 0 Å². The Bertz CT molecular complexity index is 1300. The van der Waals surface area contributed by atoms with Gasteiger partial charge in [-0.2, -0.15) is 5.26 Å². The molecule has 2 aromatic carbocycles. The van der Waals surface area contributed by atoms with Crippen molar-refractivity contribution in [1.82, 2.24) is 20.2 Å². The predicted molar refractivity (Wildman–Crippen MR) is 138 cm³/mol. The summed E-state index contributed by atoms with van der Waals surface area (Å²) in [5, 5.41) is 14.4. The molecule has 0 spiro atoms. The molecule has 2 aliphatic heterocycles. The molecule has 1 aromatic heterocycles. The second-order valence-electron chi connectivity index (χ2n) is 8.88. The van der Waals surface area contributed by atoms with Gasteiger partial charge in [-0.25, -0.2) is 14.8 Å². The van der Waals surface area contributed by atoms with Crippen LogP contribution in [0.25, 0.3) is 11.3 Å². The molecule has 0 atom stereocenters. The number of nitriles is 1. The minimum Gasteiger partial charge on any atom is -0.448 e. The zero-order valence-electron chi connectivity index (χ0n) is 20.3. The third kappa shape index (κ3) is 5.62. The Morgan fingerprint density at radius 2 is 1.81 bits per heavy atom. The van der Waals surface area contributed by atoms with Gasteiger partial charge >= 0.3 is 6.09 Å². The van der Waals surface area contributed by atoms with E-state index in [-0.39, 0.29) is 24.6 Å². The van der Waals surface area contributed by atoms with E-state index < -0.39 is 0 Å². The normalized spacial score (nSPS) is 15.7. The number of rotatable bonds is 7. The number of nitrogens with one attached hydrogen (secondary N) is 2. The zero-order chi connectivity index (χ0) is 25.6. The smallest absolute Gasteiger partial charge is 0.410 e. The number of carbonyl (C=O) groups excluding carboxylic acids is 2. The predicted octanol–water partition coefficient (Wildman–Crippen LogP) is 3.56. The number of piperidine rings is 1. The van der Waals surface area contributed by atoms with Crippen molar-refractivity contribution in [2.24, 2.45) is 0 Å². The molecule has 2 saturated heterocycles. The molecule has 10 heteroatoms. The van der Waals surface area contributed by atoms with Gasteiger partial charge in [0, 0.05) is 47.8 Å². The number of cyclic esters (lactones) is 1. The zero-order valence-corrected chi connectivity index (χ0v) is 20.3. The molecule has 0 bridgehead atoms. The highest BCUT2D eigenvalue weighted by atomic mass is 16.6. The Labute approximate surface area is 214 Å². The molecule has 37 heavy (non-hydrogen) atoms. The SMILES string of the molecule is N#CCNC(=O)c1ccc(-c2ccnc(Nc3ccc(N4CCC(N5CCOC5=O)CC4)cc3)n2)cc1. The van der Waals surface area contributed by atoms with Crippen molar-refractivity contribution in [1.29, 1.82) is 5.26 Å². The van der Waals surface area contributed by atoms with Crippen LogP contribution in [-0.2, 0) is 4.74 Å². The van der Waals surface area contributed by atoms with E-state index in [1.165, 1.54) is 0 Å². The van der Waals surface area contributed by atoms with Gasteiger partial charge in [0.2, 0.25) is 5.95 Å². The lowest BCUT2D eigenvalue weighted by molar-refractivity contribution is 0.0958. The van der Waals surface area contributed by atoms with Crippen molar-refractivity contribution in [3.05, 3.63) is 66.4 Å². The molecule has 188 valence electrons. The summed E-state index contributed by atoms with van der Waals surface area (Å²) in [5.41, 5.74) is 4.07. The van der Waals surface area contributed by atoms with Gasteiger partial charge in [0.15, 0.2) is 0 Å². The number of benzene rings is 2. The fraction of sp³-hybridized carbons (Fsp3) is 0.296. The standard InChI is InChI=1S/C27H27N7O3/c28-12-14-29-25(35)20-3-1-19(2-4-20)24-9-13-30-26(32-24)31-21-5-7-22(8-6-21)33-15-10-23(11-16-33)34-17-18-37-27(34)36/h1-9,13,23H,10-11,14-18H2,(H,29,35)(H,30,31,32). The van der Waals surface area contributed by atoms with Crippen LogP contribution in [-0.4, -0.2) is 65.7 Å². The summed E-state index contributed by atoms with van der Waals surface area (Å²) >= 11 is 0. The molecule has 2 fully saturated rings. The Hall–Kier alpha value is -4.65. The Morgan fingerprint density at radius 3 is 2.49 bits per heavy atom. The van der Waals surface area contributed by atoms with Gasteiger partial charge in [0.05, 0.1) is 18.3 Å². The van der Waals surface area contributed by atoms with Crippen molar-refractivity contribution in [2.75, 3.05) is 43.0 Å². The number of aromatic nitrogens is 2. The number of carbonyl (C=O) groups is 2. The molecule has 5 rings (SSSR count). The van der Waals surface area contributed by atoms with E-state index in [9.17, 15) is 9.59 Å². The number of amides is 2. The minimum atomic E-state index is -0.290. The van der Waals surface area contributed by atoms with E-state index in [1.54, 1.807) is 18.3 Å². The Morgan fingerprint density at radius 1 is 1.05 bits per heavy atom. The van der Waals surface area contributed by atoms with Crippen LogP contribution in [0.4, 0.5) is 22.1 Å². The minimum absolute atomic E-state index is 0.0300. The molecule has 0 unspecified atom stereocenters. The quantitative estimate of drug-likeness (QED) is 0.475. The van der Waals surface area contributed by atoms with Gasteiger partial charge in [0.1, 0.15) is 13.2 Å². The molecular weight excluding hydrogens is 470 g/mol. The van der Waals surface area contributed by atoms with E-state index >= 15 is 0 Å². The average molecular weight is 498 g/mol. The summed E-state index contributed by atoms with van der Waals surface area (Å²) in [5.74, 6) is 0.182. The topological polar surface area (TPSA) is 123 Å². The lowest BCUT2D eigenvalue weighted by Crippen LogP contribution is -2.45. The molecule has 0 saturated carbocycles. The van der Waals surface area contributed by atoms with E-state index in [2.05, 4.69) is 37.6 Å². The van der Waals surface area contributed by atoms with Gasteiger partial charge in [-0.05, 0) is 55.3 Å². The average Bonchev–Trinajstić information content (AvgIpc) is 3.38. The maximum atomic E-state index is 12.0. The summed E-state index contributed by atoms with van der Waals surface area (Å²) in [6.07, 6.45) is 3.37. The number of hydrogen-bond donors (Lipinski definition) is 2. The van der Waals surface area contributed by atoms with Crippen molar-refractivity contribution >= 4 is 29.3 Å². The van der Waals surface area contributed by atoms with Gasteiger partial charge in [-0.3, -0.25) is 4.79 Å². The van der Waals surface area contributed by atoms with Crippen molar-refractivity contribution < 1.29 is 14.3 Å². The molecular formula is C27H27N7O3.